The van der Waals surface area contributed by atoms with E-state index >= 15 is 0 Å². The average Bonchev–Trinajstić information content (AvgIpc) is 2.41. The van der Waals surface area contributed by atoms with Crippen LogP contribution in [0.2, 0.25) is 0 Å². The molecule has 1 aromatic heterocycles. The summed E-state index contributed by atoms with van der Waals surface area (Å²) in [4.78, 5) is 4.07. The molecule has 0 aliphatic carbocycles. The monoisotopic (exact) mass is 229 g/mol. The van der Waals surface area contributed by atoms with Crippen LogP contribution in [0, 0.1) is 0 Å². The Balaban J connectivity index is 1.79. The number of benzene rings is 1. The lowest BCUT2D eigenvalue weighted by Gasteiger charge is -2.10. The fraction of sp³-hybridized carbons (Fsp3) is 0.214. The minimum atomic E-state index is -0.667. The summed E-state index contributed by atoms with van der Waals surface area (Å²) >= 11 is 0. The quantitative estimate of drug-likeness (QED) is 0.855. The van der Waals surface area contributed by atoms with Crippen molar-refractivity contribution in [1.82, 2.24) is 4.98 Å². The Morgan fingerprint density at radius 1 is 1.06 bits per heavy atom. The van der Waals surface area contributed by atoms with Crippen molar-refractivity contribution >= 4 is 0 Å². The summed E-state index contributed by atoms with van der Waals surface area (Å²) in [6.45, 7) is 0.761. The SMILES string of the molecule is OC(COCc1ccccc1)c1ccccn1. The standard InChI is InChI=1S/C14H15NO2/c16-14(13-8-4-5-9-15-13)11-17-10-12-6-2-1-3-7-12/h1-9,14,16H,10-11H2. The average molecular weight is 229 g/mol. The molecule has 88 valence electrons. The minimum Gasteiger partial charge on any atom is -0.384 e. The van der Waals surface area contributed by atoms with Crippen LogP contribution >= 0.6 is 0 Å². The molecule has 0 aliphatic heterocycles. The molecular weight excluding hydrogens is 214 g/mol. The zero-order valence-corrected chi connectivity index (χ0v) is 9.49. The van der Waals surface area contributed by atoms with Crippen molar-refractivity contribution in [2.45, 2.75) is 12.7 Å². The molecule has 1 heterocycles. The van der Waals surface area contributed by atoms with Gasteiger partial charge < -0.3 is 9.84 Å². The molecule has 0 bridgehead atoms. The maximum atomic E-state index is 9.81. The normalized spacial score (nSPS) is 12.3. The van der Waals surface area contributed by atoms with Gasteiger partial charge in [-0.05, 0) is 17.7 Å². The molecule has 0 spiro atoms. The van der Waals surface area contributed by atoms with Gasteiger partial charge in [-0.3, -0.25) is 4.98 Å². The molecule has 0 radical (unpaired) electrons. The molecule has 2 rings (SSSR count). The van der Waals surface area contributed by atoms with Gasteiger partial charge in [0.05, 0.1) is 18.9 Å². The van der Waals surface area contributed by atoms with Crippen LogP contribution in [-0.2, 0) is 11.3 Å². The van der Waals surface area contributed by atoms with Crippen molar-refractivity contribution in [3.05, 3.63) is 66.0 Å². The first kappa shape index (κ1) is 11.8. The Labute approximate surface area is 101 Å². The van der Waals surface area contributed by atoms with Crippen molar-refractivity contribution in [2.24, 2.45) is 0 Å². The Kier molecular flexibility index (Phi) is 4.24. The summed E-state index contributed by atoms with van der Waals surface area (Å²) in [5.74, 6) is 0. The molecule has 17 heavy (non-hydrogen) atoms. The van der Waals surface area contributed by atoms with Crippen LogP contribution in [0.15, 0.2) is 54.7 Å². The van der Waals surface area contributed by atoms with Gasteiger partial charge in [0.15, 0.2) is 0 Å². The molecular formula is C14H15NO2. The predicted octanol–water partition coefficient (Wildman–Crippen LogP) is 2.33. The fourth-order valence-electron chi connectivity index (χ4n) is 1.52. The number of rotatable bonds is 5. The van der Waals surface area contributed by atoms with Gasteiger partial charge in [0, 0.05) is 6.20 Å². The zero-order chi connectivity index (χ0) is 11.9. The molecule has 3 nitrogen and oxygen atoms in total. The van der Waals surface area contributed by atoms with Crippen molar-refractivity contribution < 1.29 is 9.84 Å². The third-order valence-electron chi connectivity index (χ3n) is 2.42. The van der Waals surface area contributed by atoms with Gasteiger partial charge in [-0.1, -0.05) is 36.4 Å². The minimum absolute atomic E-state index is 0.256. The maximum Gasteiger partial charge on any atom is 0.119 e. The van der Waals surface area contributed by atoms with E-state index in [4.69, 9.17) is 4.74 Å². The van der Waals surface area contributed by atoms with E-state index < -0.39 is 6.10 Å². The molecule has 1 atom stereocenters. The summed E-state index contributed by atoms with van der Waals surface area (Å²) in [6, 6.07) is 15.3. The Morgan fingerprint density at radius 3 is 2.53 bits per heavy atom. The molecule has 0 saturated heterocycles. The first-order chi connectivity index (χ1) is 8.36. The van der Waals surface area contributed by atoms with Crippen LogP contribution < -0.4 is 0 Å². The lowest BCUT2D eigenvalue weighted by Crippen LogP contribution is -2.08. The maximum absolute atomic E-state index is 9.81. The first-order valence-electron chi connectivity index (χ1n) is 5.57. The highest BCUT2D eigenvalue weighted by Gasteiger charge is 2.07. The second kappa shape index (κ2) is 6.13. The number of pyridine rings is 1. The highest BCUT2D eigenvalue weighted by molar-refractivity contribution is 5.13. The van der Waals surface area contributed by atoms with E-state index in [1.807, 2.05) is 42.5 Å². The highest BCUT2D eigenvalue weighted by Crippen LogP contribution is 2.10. The van der Waals surface area contributed by atoms with E-state index in [1.54, 1.807) is 12.3 Å². The van der Waals surface area contributed by atoms with Gasteiger partial charge in [0.1, 0.15) is 6.10 Å². The van der Waals surface area contributed by atoms with Crippen molar-refractivity contribution in [2.75, 3.05) is 6.61 Å². The lowest BCUT2D eigenvalue weighted by molar-refractivity contribution is 0.0257. The van der Waals surface area contributed by atoms with Crippen LogP contribution in [0.1, 0.15) is 17.4 Å². The number of hydrogen-bond donors (Lipinski definition) is 1. The van der Waals surface area contributed by atoms with E-state index in [-0.39, 0.29) is 6.61 Å². The third kappa shape index (κ3) is 3.66. The van der Waals surface area contributed by atoms with Crippen LogP contribution in [-0.4, -0.2) is 16.7 Å². The number of aliphatic hydroxyl groups excluding tert-OH is 1. The topological polar surface area (TPSA) is 42.4 Å². The Hall–Kier alpha value is -1.71. The summed E-state index contributed by atoms with van der Waals surface area (Å²) < 4.78 is 5.45. The Bertz CT molecular complexity index is 430. The molecule has 3 heteroatoms. The number of aromatic nitrogens is 1. The van der Waals surface area contributed by atoms with Gasteiger partial charge >= 0.3 is 0 Å². The molecule has 0 aliphatic rings. The molecule has 1 aromatic carbocycles. The van der Waals surface area contributed by atoms with E-state index in [0.717, 1.165) is 5.56 Å². The number of aliphatic hydroxyl groups is 1. The number of nitrogens with zero attached hydrogens (tertiary/aromatic N) is 1. The van der Waals surface area contributed by atoms with Crippen molar-refractivity contribution in [1.29, 1.82) is 0 Å². The van der Waals surface area contributed by atoms with Gasteiger partial charge in [0.25, 0.3) is 0 Å². The number of ether oxygens (including phenoxy) is 1. The summed E-state index contributed by atoms with van der Waals surface area (Å²) in [6.07, 6.45) is 0.996. The fourth-order valence-corrected chi connectivity index (χ4v) is 1.52. The molecule has 0 amide bonds. The van der Waals surface area contributed by atoms with Crippen LogP contribution in [0.3, 0.4) is 0 Å². The summed E-state index contributed by atoms with van der Waals surface area (Å²) in [5.41, 5.74) is 1.74. The molecule has 0 fully saturated rings. The molecule has 1 unspecified atom stereocenters. The largest absolute Gasteiger partial charge is 0.384 e. The molecule has 0 saturated carbocycles. The second-order valence-corrected chi connectivity index (χ2v) is 3.77. The van der Waals surface area contributed by atoms with E-state index in [2.05, 4.69) is 4.98 Å². The van der Waals surface area contributed by atoms with Crippen molar-refractivity contribution in [3.63, 3.8) is 0 Å². The smallest absolute Gasteiger partial charge is 0.119 e. The van der Waals surface area contributed by atoms with E-state index in [9.17, 15) is 5.11 Å². The first-order valence-corrected chi connectivity index (χ1v) is 5.57. The highest BCUT2D eigenvalue weighted by atomic mass is 16.5. The molecule has 1 N–H and O–H groups in total. The third-order valence-corrected chi connectivity index (χ3v) is 2.42. The van der Waals surface area contributed by atoms with Crippen LogP contribution in [0.4, 0.5) is 0 Å². The summed E-state index contributed by atoms with van der Waals surface area (Å²) in [5, 5.41) is 9.81. The summed E-state index contributed by atoms with van der Waals surface area (Å²) in [7, 11) is 0. The van der Waals surface area contributed by atoms with Crippen LogP contribution in [0.25, 0.3) is 0 Å². The number of hydrogen-bond acceptors (Lipinski definition) is 3. The van der Waals surface area contributed by atoms with Gasteiger partial charge in [-0.25, -0.2) is 0 Å². The van der Waals surface area contributed by atoms with Crippen molar-refractivity contribution in [3.8, 4) is 0 Å². The van der Waals surface area contributed by atoms with Gasteiger partial charge in [-0.2, -0.15) is 0 Å². The predicted molar refractivity (Wildman–Crippen MR) is 65.3 cm³/mol. The van der Waals surface area contributed by atoms with Gasteiger partial charge in [0.2, 0.25) is 0 Å². The van der Waals surface area contributed by atoms with E-state index in [1.165, 1.54) is 0 Å². The Morgan fingerprint density at radius 2 is 1.82 bits per heavy atom. The van der Waals surface area contributed by atoms with Crippen LogP contribution in [0.5, 0.6) is 0 Å². The van der Waals surface area contributed by atoms with Gasteiger partial charge in [-0.15, -0.1) is 0 Å². The van der Waals surface area contributed by atoms with E-state index in [0.29, 0.717) is 12.3 Å². The lowest BCUT2D eigenvalue weighted by atomic mass is 10.2. The zero-order valence-electron chi connectivity index (χ0n) is 9.49. The second-order valence-electron chi connectivity index (χ2n) is 3.77. The molecule has 2 aromatic rings.